The molecular weight excluding hydrogens is 737 g/mol. The van der Waals surface area contributed by atoms with E-state index >= 15 is 0 Å². The van der Waals surface area contributed by atoms with Gasteiger partial charge in [0.15, 0.2) is 5.82 Å². The Labute approximate surface area is 356 Å². The topological polar surface area (TPSA) is 25.8 Å². The van der Waals surface area contributed by atoms with Gasteiger partial charge in [0.2, 0.25) is 0 Å². The van der Waals surface area contributed by atoms with Crippen molar-refractivity contribution in [2.24, 2.45) is 0 Å². The van der Waals surface area contributed by atoms with Gasteiger partial charge in [0.1, 0.15) is 0 Å². The zero-order chi connectivity index (χ0) is 40.9. The summed E-state index contributed by atoms with van der Waals surface area (Å²) >= 11 is 0. The van der Waals surface area contributed by atoms with Gasteiger partial charge in [0, 0.05) is 27.5 Å². The van der Waals surface area contributed by atoms with Gasteiger partial charge >= 0.3 is 0 Å². The predicted octanol–water partition coefficient (Wildman–Crippen LogP) is 15.1. The fourth-order valence-electron chi connectivity index (χ4n) is 10.9. The molecule has 1 heterocycles. The second kappa shape index (κ2) is 13.3. The molecule has 2 aliphatic carbocycles. The summed E-state index contributed by atoms with van der Waals surface area (Å²) in [6, 6.07) is 73.0. The lowest BCUT2D eigenvalue weighted by atomic mass is 9.74. The van der Waals surface area contributed by atoms with Crippen LogP contribution in [0.1, 0.15) is 48.6 Å². The van der Waals surface area contributed by atoms with Crippen LogP contribution >= 0.6 is 0 Å². The average Bonchev–Trinajstić information content (AvgIpc) is 3.73. The van der Waals surface area contributed by atoms with Crippen molar-refractivity contribution < 1.29 is 0 Å². The zero-order valence-electron chi connectivity index (χ0n) is 34.4. The smallest absolute Gasteiger partial charge is 0.160 e. The van der Waals surface area contributed by atoms with Crippen LogP contribution in [0.15, 0.2) is 200 Å². The van der Waals surface area contributed by atoms with Gasteiger partial charge in [-0.05, 0) is 95.7 Å². The van der Waals surface area contributed by atoms with Crippen molar-refractivity contribution >= 4 is 21.5 Å². The number of rotatable bonds is 5. The van der Waals surface area contributed by atoms with E-state index < -0.39 is 0 Å². The highest BCUT2D eigenvalue weighted by atomic mass is 14.9. The van der Waals surface area contributed by atoms with Gasteiger partial charge in [-0.3, -0.25) is 0 Å². The first-order valence-electron chi connectivity index (χ1n) is 21.3. The summed E-state index contributed by atoms with van der Waals surface area (Å²) in [5.41, 5.74) is 18.9. The van der Waals surface area contributed by atoms with E-state index in [4.69, 9.17) is 9.97 Å². The molecule has 9 aromatic carbocycles. The van der Waals surface area contributed by atoms with Crippen molar-refractivity contribution in [1.82, 2.24) is 9.97 Å². The predicted molar refractivity (Wildman–Crippen MR) is 254 cm³/mol. The minimum atomic E-state index is -0.312. The Kier molecular flexibility index (Phi) is 7.74. The molecule has 0 amide bonds. The van der Waals surface area contributed by atoms with E-state index in [1.807, 2.05) is 6.07 Å². The van der Waals surface area contributed by atoms with Gasteiger partial charge in [-0.25, -0.2) is 9.97 Å². The highest BCUT2D eigenvalue weighted by molar-refractivity contribution is 6.09. The molecule has 12 rings (SSSR count). The highest BCUT2D eigenvalue weighted by Gasteiger charge is 2.42. The molecule has 1 atom stereocenters. The van der Waals surface area contributed by atoms with Gasteiger partial charge in [-0.1, -0.05) is 208 Å². The fourth-order valence-corrected chi connectivity index (χ4v) is 10.9. The molecule has 2 aliphatic rings. The third kappa shape index (κ3) is 5.15. The Morgan fingerprint density at radius 2 is 0.902 bits per heavy atom. The number of nitrogens with zero attached hydrogens (tertiary/aromatic N) is 2. The fraction of sp³-hybridized carbons (Fsp3) is 0.0847. The normalized spacial score (nSPS) is 15.7. The van der Waals surface area contributed by atoms with Crippen LogP contribution in [0, 0.1) is 0 Å². The molecule has 0 fully saturated rings. The summed E-state index contributed by atoms with van der Waals surface area (Å²) in [6.07, 6.45) is 0. The Bertz CT molecular complexity index is 3400. The van der Waals surface area contributed by atoms with Crippen LogP contribution in [0.5, 0.6) is 0 Å². The molecular formula is C59H42N2. The van der Waals surface area contributed by atoms with Gasteiger partial charge in [0.05, 0.1) is 11.4 Å². The lowest BCUT2D eigenvalue weighted by Crippen LogP contribution is -2.22. The summed E-state index contributed by atoms with van der Waals surface area (Å²) < 4.78 is 0. The van der Waals surface area contributed by atoms with Crippen molar-refractivity contribution in [2.45, 2.75) is 31.6 Å². The molecule has 1 aromatic heterocycles. The molecule has 1 unspecified atom stereocenters. The number of hydrogen-bond acceptors (Lipinski definition) is 2. The summed E-state index contributed by atoms with van der Waals surface area (Å²) in [5.74, 6) is 0.711. The standard InChI is InChI=1S/C59H42N2/c1-58(2)50-30-16-27-45(54(50)48-33-32-37-18-10-11-23-40(37)56(48)58)43-34-35-44(42-25-13-12-24-41(42)43)52-36-53(61-57(60-52)38-19-6-4-7-20-38)47-28-17-31-51-55(47)46-26-14-15-29-49(46)59(51,3)39-21-8-5-9-22-39/h4-36H,1-3H3. The second-order valence-electron chi connectivity index (χ2n) is 17.4. The van der Waals surface area contributed by atoms with E-state index in [2.05, 4.69) is 215 Å². The largest absolute Gasteiger partial charge is 0.228 e. The van der Waals surface area contributed by atoms with E-state index in [-0.39, 0.29) is 10.8 Å². The molecule has 288 valence electrons. The van der Waals surface area contributed by atoms with Crippen molar-refractivity contribution in [1.29, 1.82) is 0 Å². The minimum Gasteiger partial charge on any atom is -0.228 e. The maximum atomic E-state index is 5.40. The van der Waals surface area contributed by atoms with Crippen LogP contribution in [0.25, 0.3) is 88.8 Å². The highest BCUT2D eigenvalue weighted by Crippen LogP contribution is 2.57. The summed E-state index contributed by atoms with van der Waals surface area (Å²) in [7, 11) is 0. The van der Waals surface area contributed by atoms with Gasteiger partial charge in [0.25, 0.3) is 0 Å². The number of fused-ring (bicyclic) bond motifs is 9. The Hall–Kier alpha value is -7.42. The molecule has 0 N–H and O–H groups in total. The van der Waals surface area contributed by atoms with Crippen LogP contribution in [0.3, 0.4) is 0 Å². The summed E-state index contributed by atoms with van der Waals surface area (Å²) in [5, 5.41) is 4.98. The van der Waals surface area contributed by atoms with E-state index in [0.717, 1.165) is 33.5 Å². The second-order valence-corrected chi connectivity index (χ2v) is 17.4. The third-order valence-electron chi connectivity index (χ3n) is 13.8. The molecule has 2 nitrogen and oxygen atoms in total. The van der Waals surface area contributed by atoms with E-state index in [0.29, 0.717) is 5.82 Å². The van der Waals surface area contributed by atoms with Crippen LogP contribution < -0.4 is 0 Å². The Balaban J connectivity index is 1.07. The first-order valence-corrected chi connectivity index (χ1v) is 21.3. The maximum Gasteiger partial charge on any atom is 0.160 e. The number of hydrogen-bond donors (Lipinski definition) is 0. The van der Waals surface area contributed by atoms with E-state index in [9.17, 15) is 0 Å². The van der Waals surface area contributed by atoms with Gasteiger partial charge in [-0.15, -0.1) is 0 Å². The van der Waals surface area contributed by atoms with Crippen molar-refractivity contribution in [3.63, 3.8) is 0 Å². The SMILES string of the molecule is CC1(C)c2cccc(-c3ccc(-c4cc(-c5cccc6c5-c5ccccc5C6(C)c5ccccc5)nc(-c5ccccc5)n4)c4ccccc34)c2-c2ccc3ccccc3c21. The van der Waals surface area contributed by atoms with Gasteiger partial charge in [-0.2, -0.15) is 0 Å². The zero-order valence-corrected chi connectivity index (χ0v) is 34.4. The minimum absolute atomic E-state index is 0.140. The molecule has 0 aliphatic heterocycles. The van der Waals surface area contributed by atoms with Crippen molar-refractivity contribution in [3.8, 4) is 67.3 Å². The molecule has 0 saturated carbocycles. The van der Waals surface area contributed by atoms with Crippen LogP contribution in [0.4, 0.5) is 0 Å². The average molecular weight is 779 g/mol. The lowest BCUT2D eigenvalue weighted by Gasteiger charge is -2.28. The molecule has 0 spiro atoms. The van der Waals surface area contributed by atoms with Crippen molar-refractivity contribution in [2.75, 3.05) is 0 Å². The number of benzene rings is 9. The molecule has 0 saturated heterocycles. The summed E-state index contributed by atoms with van der Waals surface area (Å²) in [6.45, 7) is 7.14. The maximum absolute atomic E-state index is 5.40. The first-order chi connectivity index (χ1) is 29.9. The van der Waals surface area contributed by atoms with E-state index in [1.54, 1.807) is 0 Å². The molecule has 2 heteroatoms. The molecule has 0 bridgehead atoms. The van der Waals surface area contributed by atoms with Crippen molar-refractivity contribution in [3.05, 3.63) is 228 Å². The summed E-state index contributed by atoms with van der Waals surface area (Å²) in [4.78, 5) is 10.8. The first kappa shape index (κ1) is 35.5. The molecule has 0 radical (unpaired) electrons. The van der Waals surface area contributed by atoms with Crippen LogP contribution in [0.2, 0.25) is 0 Å². The molecule has 10 aromatic rings. The Morgan fingerprint density at radius 1 is 0.361 bits per heavy atom. The molecule has 61 heavy (non-hydrogen) atoms. The quantitative estimate of drug-likeness (QED) is 0.174. The van der Waals surface area contributed by atoms with Crippen LogP contribution in [-0.2, 0) is 10.8 Å². The third-order valence-corrected chi connectivity index (χ3v) is 13.8. The van der Waals surface area contributed by atoms with Gasteiger partial charge < -0.3 is 0 Å². The lowest BCUT2D eigenvalue weighted by molar-refractivity contribution is 0.666. The Morgan fingerprint density at radius 3 is 1.69 bits per heavy atom. The van der Waals surface area contributed by atoms with Crippen LogP contribution in [-0.4, -0.2) is 9.97 Å². The number of aromatic nitrogens is 2. The monoisotopic (exact) mass is 778 g/mol. The van der Waals surface area contributed by atoms with E-state index in [1.165, 1.54) is 77.4 Å².